The molecule has 150 valence electrons. The molecule has 1 aliphatic carbocycles. The quantitative estimate of drug-likeness (QED) is 0.708. The van der Waals surface area contributed by atoms with Crippen LogP contribution in [0.25, 0.3) is 0 Å². The summed E-state index contributed by atoms with van der Waals surface area (Å²) >= 11 is 0. The number of benzene rings is 1. The van der Waals surface area contributed by atoms with Crippen LogP contribution in [-0.4, -0.2) is 56.8 Å². The maximum Gasteiger partial charge on any atom is 0.251 e. The Hall–Kier alpha value is -1.59. The van der Waals surface area contributed by atoms with E-state index in [9.17, 15) is 4.79 Å². The maximum absolute atomic E-state index is 12.7. The van der Waals surface area contributed by atoms with Crippen molar-refractivity contribution in [3.63, 3.8) is 0 Å². The number of likely N-dealkylation sites (tertiary alicyclic amines) is 1. The lowest BCUT2D eigenvalue weighted by Crippen LogP contribution is -2.47. The summed E-state index contributed by atoms with van der Waals surface area (Å²) in [5.41, 5.74) is 0.705. The summed E-state index contributed by atoms with van der Waals surface area (Å²) in [5.74, 6) is 1.38. The van der Waals surface area contributed by atoms with Gasteiger partial charge in [-0.25, -0.2) is 0 Å². The number of hydrogen-bond donors (Lipinski definition) is 1. The summed E-state index contributed by atoms with van der Waals surface area (Å²) in [6.07, 6.45) is 8.85. The molecule has 2 atom stereocenters. The van der Waals surface area contributed by atoms with E-state index in [1.165, 1.54) is 51.6 Å². The molecule has 0 aromatic heterocycles. The molecular formula is C22H34N2O3. The average molecular weight is 375 g/mol. The molecule has 1 heterocycles. The number of nitrogens with one attached hydrogen (secondary N) is 1. The third-order valence-electron chi connectivity index (χ3n) is 5.84. The number of nitrogens with zero attached hydrogens (tertiary/aromatic N) is 1. The molecule has 27 heavy (non-hydrogen) atoms. The predicted molar refractivity (Wildman–Crippen MR) is 107 cm³/mol. The van der Waals surface area contributed by atoms with E-state index in [0.29, 0.717) is 30.7 Å². The fourth-order valence-corrected chi connectivity index (χ4v) is 4.29. The number of ether oxygens (including phenoxy) is 2. The molecule has 0 unspecified atom stereocenters. The van der Waals surface area contributed by atoms with Gasteiger partial charge in [-0.15, -0.1) is 0 Å². The smallest absolute Gasteiger partial charge is 0.251 e. The number of piperidine rings is 1. The monoisotopic (exact) mass is 374 g/mol. The number of hydrogen-bond acceptors (Lipinski definition) is 4. The van der Waals surface area contributed by atoms with Gasteiger partial charge in [0.1, 0.15) is 12.4 Å². The van der Waals surface area contributed by atoms with Crippen molar-refractivity contribution >= 4 is 5.91 Å². The normalized spacial score (nSPS) is 23.7. The second-order valence-electron chi connectivity index (χ2n) is 7.85. The summed E-state index contributed by atoms with van der Waals surface area (Å²) in [5, 5.41) is 3.32. The molecule has 0 spiro atoms. The zero-order valence-electron chi connectivity index (χ0n) is 16.6. The van der Waals surface area contributed by atoms with Gasteiger partial charge in [0.2, 0.25) is 0 Å². The van der Waals surface area contributed by atoms with Crippen molar-refractivity contribution in [1.29, 1.82) is 0 Å². The molecule has 1 saturated heterocycles. The Bertz CT molecular complexity index is 569. The zero-order valence-corrected chi connectivity index (χ0v) is 16.6. The van der Waals surface area contributed by atoms with Crippen LogP contribution in [0.5, 0.6) is 5.75 Å². The maximum atomic E-state index is 12.7. The van der Waals surface area contributed by atoms with Crippen LogP contribution in [0.1, 0.15) is 55.3 Å². The van der Waals surface area contributed by atoms with Gasteiger partial charge in [-0.2, -0.15) is 0 Å². The van der Waals surface area contributed by atoms with E-state index < -0.39 is 0 Å². The first-order valence-corrected chi connectivity index (χ1v) is 10.5. The van der Waals surface area contributed by atoms with Gasteiger partial charge in [0.15, 0.2) is 0 Å². The predicted octanol–water partition coefficient (Wildman–Crippen LogP) is 3.49. The van der Waals surface area contributed by atoms with Gasteiger partial charge in [0.05, 0.1) is 6.61 Å². The molecule has 2 aliphatic rings. The van der Waals surface area contributed by atoms with E-state index in [0.717, 1.165) is 18.7 Å². The van der Waals surface area contributed by atoms with Crippen LogP contribution < -0.4 is 10.1 Å². The lowest BCUT2D eigenvalue weighted by Gasteiger charge is -2.37. The van der Waals surface area contributed by atoms with Crippen molar-refractivity contribution in [3.8, 4) is 5.75 Å². The number of amides is 1. The Morgan fingerprint density at radius 3 is 2.52 bits per heavy atom. The molecule has 1 aliphatic heterocycles. The number of rotatable bonds is 8. The molecule has 1 amide bonds. The Labute approximate surface area is 163 Å². The molecule has 1 N–H and O–H groups in total. The van der Waals surface area contributed by atoms with Gasteiger partial charge in [0.25, 0.3) is 5.91 Å². The van der Waals surface area contributed by atoms with Crippen LogP contribution in [0.4, 0.5) is 0 Å². The fraction of sp³-hybridized carbons (Fsp3) is 0.682. The second-order valence-corrected chi connectivity index (χ2v) is 7.85. The minimum Gasteiger partial charge on any atom is -0.491 e. The molecule has 1 saturated carbocycles. The van der Waals surface area contributed by atoms with Gasteiger partial charge in [-0.3, -0.25) is 4.79 Å². The van der Waals surface area contributed by atoms with Crippen LogP contribution in [0.2, 0.25) is 0 Å². The molecule has 1 aromatic rings. The van der Waals surface area contributed by atoms with Crippen molar-refractivity contribution in [2.75, 3.05) is 40.0 Å². The van der Waals surface area contributed by atoms with Crippen molar-refractivity contribution in [3.05, 3.63) is 29.8 Å². The second kappa shape index (κ2) is 10.7. The lowest BCUT2D eigenvalue weighted by molar-refractivity contribution is 0.0877. The summed E-state index contributed by atoms with van der Waals surface area (Å²) in [6, 6.07) is 7.71. The first-order valence-electron chi connectivity index (χ1n) is 10.5. The molecule has 0 radical (unpaired) electrons. The molecule has 1 aromatic carbocycles. The summed E-state index contributed by atoms with van der Waals surface area (Å²) in [7, 11) is 1.65. The number of carbonyl (C=O) groups is 1. The highest BCUT2D eigenvalue weighted by molar-refractivity contribution is 5.94. The largest absolute Gasteiger partial charge is 0.491 e. The lowest BCUT2D eigenvalue weighted by atomic mass is 9.83. The van der Waals surface area contributed by atoms with Crippen LogP contribution in [0.3, 0.4) is 0 Å². The number of methoxy groups -OCH3 is 1. The first-order chi connectivity index (χ1) is 13.3. The third-order valence-corrected chi connectivity index (χ3v) is 5.84. The Balaban J connectivity index is 1.52. The molecule has 3 rings (SSSR count). The summed E-state index contributed by atoms with van der Waals surface area (Å²) < 4.78 is 10.6. The van der Waals surface area contributed by atoms with Crippen molar-refractivity contribution < 1.29 is 14.3 Å². The SMILES string of the molecule is COCCOc1ccc(C(=O)N[C@@H]2CCCC[C@H]2CN2CCCCC2)cc1. The number of carbonyl (C=O) groups excluding carboxylic acids is 1. The first kappa shape index (κ1) is 20.2. The van der Waals surface area contributed by atoms with E-state index in [4.69, 9.17) is 9.47 Å². The van der Waals surface area contributed by atoms with Crippen LogP contribution in [0, 0.1) is 5.92 Å². The van der Waals surface area contributed by atoms with Crippen molar-refractivity contribution in [2.24, 2.45) is 5.92 Å². The Kier molecular flexibility index (Phi) is 7.96. The van der Waals surface area contributed by atoms with Gasteiger partial charge >= 0.3 is 0 Å². The van der Waals surface area contributed by atoms with Gasteiger partial charge < -0.3 is 19.7 Å². The molecule has 0 bridgehead atoms. The molecule has 2 fully saturated rings. The zero-order chi connectivity index (χ0) is 18.9. The highest BCUT2D eigenvalue weighted by Gasteiger charge is 2.28. The summed E-state index contributed by atoms with van der Waals surface area (Å²) in [4.78, 5) is 15.3. The van der Waals surface area contributed by atoms with Crippen LogP contribution in [-0.2, 0) is 4.74 Å². The average Bonchev–Trinajstić information content (AvgIpc) is 2.71. The van der Waals surface area contributed by atoms with Gasteiger partial charge in [-0.1, -0.05) is 19.3 Å². The van der Waals surface area contributed by atoms with Crippen LogP contribution in [0.15, 0.2) is 24.3 Å². The fourth-order valence-electron chi connectivity index (χ4n) is 4.29. The molecule has 5 heteroatoms. The third kappa shape index (κ3) is 6.22. The highest BCUT2D eigenvalue weighted by Crippen LogP contribution is 2.27. The van der Waals surface area contributed by atoms with Gasteiger partial charge in [-0.05, 0) is 69.0 Å². The van der Waals surface area contributed by atoms with E-state index in [1.807, 2.05) is 24.3 Å². The summed E-state index contributed by atoms with van der Waals surface area (Å²) in [6.45, 7) is 4.66. The molecular weight excluding hydrogens is 340 g/mol. The van der Waals surface area contributed by atoms with E-state index >= 15 is 0 Å². The van der Waals surface area contributed by atoms with E-state index in [-0.39, 0.29) is 5.91 Å². The van der Waals surface area contributed by atoms with E-state index in [1.54, 1.807) is 7.11 Å². The van der Waals surface area contributed by atoms with Crippen LogP contribution >= 0.6 is 0 Å². The molecule has 5 nitrogen and oxygen atoms in total. The van der Waals surface area contributed by atoms with Crippen molar-refractivity contribution in [1.82, 2.24) is 10.2 Å². The Morgan fingerprint density at radius 1 is 1.04 bits per heavy atom. The minimum atomic E-state index is 0.0361. The van der Waals surface area contributed by atoms with E-state index in [2.05, 4.69) is 10.2 Å². The Morgan fingerprint density at radius 2 is 1.78 bits per heavy atom. The highest BCUT2D eigenvalue weighted by atomic mass is 16.5. The topological polar surface area (TPSA) is 50.8 Å². The van der Waals surface area contributed by atoms with Gasteiger partial charge in [0, 0.05) is 25.3 Å². The van der Waals surface area contributed by atoms with Crippen molar-refractivity contribution in [2.45, 2.75) is 51.0 Å². The minimum absolute atomic E-state index is 0.0361. The standard InChI is InChI=1S/C22H34N2O3/c1-26-15-16-27-20-11-9-18(10-12-20)22(25)23-21-8-4-3-7-19(21)17-24-13-5-2-6-14-24/h9-12,19,21H,2-8,13-17H2,1H3,(H,23,25)/t19-,21+/m0/s1.